The summed E-state index contributed by atoms with van der Waals surface area (Å²) in [5.74, 6) is -0.348. The molecule has 2 aromatic heterocycles. The SMILES string of the molecule is CC(C)n1c(Br)nc2c1C(c1ccc(Cl)cc1)N(c1cc(Cl)cn(C)c1=O)C2=O. The predicted molar refractivity (Wildman–Crippen MR) is 117 cm³/mol. The third kappa shape index (κ3) is 3.21. The van der Waals surface area contributed by atoms with Crippen LogP contribution >= 0.6 is 39.1 Å². The number of aryl methyl sites for hydroxylation is 1. The highest BCUT2D eigenvalue weighted by Gasteiger charge is 2.45. The molecule has 0 fully saturated rings. The molecule has 0 bridgehead atoms. The van der Waals surface area contributed by atoms with E-state index >= 15 is 0 Å². The van der Waals surface area contributed by atoms with E-state index in [1.54, 1.807) is 19.2 Å². The quantitative estimate of drug-likeness (QED) is 0.514. The van der Waals surface area contributed by atoms with Gasteiger partial charge in [-0.25, -0.2) is 4.98 Å². The average molecular weight is 496 g/mol. The number of benzene rings is 1. The normalized spacial score (nSPS) is 16.0. The van der Waals surface area contributed by atoms with Crippen molar-refractivity contribution in [2.45, 2.75) is 25.9 Å². The van der Waals surface area contributed by atoms with Crippen LogP contribution in [-0.4, -0.2) is 20.0 Å². The maximum Gasteiger partial charge on any atom is 0.279 e. The lowest BCUT2D eigenvalue weighted by molar-refractivity contribution is 0.0989. The van der Waals surface area contributed by atoms with Crippen molar-refractivity contribution in [3.63, 3.8) is 0 Å². The van der Waals surface area contributed by atoms with Crippen LogP contribution < -0.4 is 10.5 Å². The van der Waals surface area contributed by atoms with Crippen molar-refractivity contribution >= 4 is 50.7 Å². The molecule has 0 saturated carbocycles. The third-order valence-corrected chi connectivity index (χ3v) is 5.95. The number of hydrogen-bond acceptors (Lipinski definition) is 3. The minimum absolute atomic E-state index is 0.0466. The molecule has 1 amide bonds. The van der Waals surface area contributed by atoms with E-state index < -0.39 is 6.04 Å². The lowest BCUT2D eigenvalue weighted by atomic mass is 10.0. The van der Waals surface area contributed by atoms with Gasteiger partial charge in [-0.3, -0.25) is 14.5 Å². The van der Waals surface area contributed by atoms with Gasteiger partial charge in [-0.2, -0.15) is 0 Å². The molecule has 6 nitrogen and oxygen atoms in total. The van der Waals surface area contributed by atoms with Gasteiger partial charge in [0.15, 0.2) is 10.4 Å². The molecule has 0 saturated heterocycles. The van der Waals surface area contributed by atoms with Crippen molar-refractivity contribution in [1.29, 1.82) is 0 Å². The lowest BCUT2D eigenvalue weighted by Gasteiger charge is -2.27. The average Bonchev–Trinajstić information content (AvgIpc) is 3.12. The van der Waals surface area contributed by atoms with Crippen LogP contribution in [0.1, 0.15) is 47.7 Å². The van der Waals surface area contributed by atoms with Gasteiger partial charge < -0.3 is 9.13 Å². The van der Waals surface area contributed by atoms with E-state index in [1.807, 2.05) is 30.5 Å². The van der Waals surface area contributed by atoms with Gasteiger partial charge in [0.2, 0.25) is 0 Å². The first-order chi connectivity index (χ1) is 13.7. The van der Waals surface area contributed by atoms with Crippen LogP contribution in [0.25, 0.3) is 0 Å². The van der Waals surface area contributed by atoms with E-state index in [1.165, 1.54) is 21.7 Å². The van der Waals surface area contributed by atoms with E-state index in [-0.39, 0.29) is 23.2 Å². The highest BCUT2D eigenvalue weighted by atomic mass is 79.9. The second-order valence-electron chi connectivity index (χ2n) is 7.17. The van der Waals surface area contributed by atoms with E-state index in [0.29, 0.717) is 20.5 Å². The molecule has 1 unspecified atom stereocenters. The van der Waals surface area contributed by atoms with Crippen molar-refractivity contribution in [1.82, 2.24) is 14.1 Å². The third-order valence-electron chi connectivity index (χ3n) is 4.94. The van der Waals surface area contributed by atoms with Crippen LogP contribution in [0.4, 0.5) is 5.69 Å². The Morgan fingerprint density at radius 1 is 1.10 bits per heavy atom. The minimum atomic E-state index is -0.540. The maximum absolute atomic E-state index is 13.4. The molecule has 0 aliphatic carbocycles. The Bertz CT molecular complexity index is 1180. The zero-order valence-corrected chi connectivity index (χ0v) is 19.0. The minimum Gasteiger partial charge on any atom is -0.317 e. The molecular formula is C20H17BrCl2N4O2. The predicted octanol–water partition coefficient (Wildman–Crippen LogP) is 4.98. The van der Waals surface area contributed by atoms with E-state index in [4.69, 9.17) is 23.2 Å². The van der Waals surface area contributed by atoms with E-state index in [0.717, 1.165) is 11.3 Å². The van der Waals surface area contributed by atoms with Gasteiger partial charge in [0.25, 0.3) is 11.5 Å². The number of rotatable bonds is 3. The number of carbonyl (C=O) groups excluding carboxylic acids is 1. The summed E-state index contributed by atoms with van der Waals surface area (Å²) in [6, 6.07) is 8.25. The summed E-state index contributed by atoms with van der Waals surface area (Å²) in [6.45, 7) is 4.02. The lowest BCUT2D eigenvalue weighted by Crippen LogP contribution is -2.35. The number of anilines is 1. The molecule has 3 heterocycles. The number of amides is 1. The largest absolute Gasteiger partial charge is 0.317 e. The number of aromatic nitrogens is 3. The summed E-state index contributed by atoms with van der Waals surface area (Å²) in [6.07, 6.45) is 1.52. The Morgan fingerprint density at radius 3 is 2.38 bits per heavy atom. The fourth-order valence-corrected chi connectivity index (χ4v) is 4.86. The Kier molecular flexibility index (Phi) is 5.09. The summed E-state index contributed by atoms with van der Waals surface area (Å²) in [7, 11) is 1.60. The molecule has 0 spiro atoms. The summed E-state index contributed by atoms with van der Waals surface area (Å²) >= 11 is 15.8. The van der Waals surface area contributed by atoms with Gasteiger partial charge >= 0.3 is 0 Å². The van der Waals surface area contributed by atoms with Crippen LogP contribution in [0.3, 0.4) is 0 Å². The molecule has 0 radical (unpaired) electrons. The summed E-state index contributed by atoms with van der Waals surface area (Å²) < 4.78 is 3.90. The van der Waals surface area contributed by atoms with Gasteiger partial charge in [-0.15, -0.1) is 0 Å². The maximum atomic E-state index is 13.4. The van der Waals surface area contributed by atoms with Gasteiger partial charge in [0, 0.05) is 24.3 Å². The highest BCUT2D eigenvalue weighted by molar-refractivity contribution is 9.10. The second-order valence-corrected chi connectivity index (χ2v) is 8.75. The topological polar surface area (TPSA) is 60.1 Å². The van der Waals surface area contributed by atoms with Crippen molar-refractivity contribution in [3.05, 3.63) is 78.6 Å². The van der Waals surface area contributed by atoms with Gasteiger partial charge in [0.05, 0.1) is 10.7 Å². The molecule has 0 N–H and O–H groups in total. The number of pyridine rings is 1. The standard InChI is InChI=1S/C20H17BrCl2N4O2/c1-10(2)26-17-15(24-20(26)21)19(29)27(14-8-13(23)9-25(3)18(14)28)16(17)11-4-6-12(22)7-5-11/h4-10,16H,1-3H3. The fraction of sp³-hybridized carbons (Fsp3) is 0.250. The first kappa shape index (κ1) is 20.2. The zero-order chi connectivity index (χ0) is 21.0. The van der Waals surface area contributed by atoms with Crippen molar-refractivity contribution < 1.29 is 4.79 Å². The van der Waals surface area contributed by atoms with Gasteiger partial charge in [0.1, 0.15) is 11.7 Å². The number of imidazole rings is 1. The molecule has 1 atom stereocenters. The van der Waals surface area contributed by atoms with Crippen LogP contribution in [0.2, 0.25) is 10.0 Å². The molecule has 1 aromatic carbocycles. The van der Waals surface area contributed by atoms with Crippen molar-refractivity contribution in [3.8, 4) is 0 Å². The van der Waals surface area contributed by atoms with Crippen molar-refractivity contribution in [2.75, 3.05) is 4.90 Å². The monoisotopic (exact) mass is 494 g/mol. The Morgan fingerprint density at radius 2 is 1.76 bits per heavy atom. The van der Waals surface area contributed by atoms with Crippen LogP contribution in [0.5, 0.6) is 0 Å². The van der Waals surface area contributed by atoms with Gasteiger partial charge in [-0.05, 0) is 53.5 Å². The molecule has 3 aromatic rings. The Balaban J connectivity index is 2.02. The number of fused-ring (bicyclic) bond motifs is 1. The Labute approximate surface area is 185 Å². The van der Waals surface area contributed by atoms with Crippen LogP contribution in [0.15, 0.2) is 46.1 Å². The molecule has 9 heteroatoms. The number of nitrogens with zero attached hydrogens (tertiary/aromatic N) is 4. The molecule has 1 aliphatic heterocycles. The Hall–Kier alpha value is -2.09. The molecule has 4 rings (SSSR count). The molecule has 29 heavy (non-hydrogen) atoms. The summed E-state index contributed by atoms with van der Waals surface area (Å²) in [5, 5.41) is 0.948. The fourth-order valence-electron chi connectivity index (χ4n) is 3.71. The smallest absolute Gasteiger partial charge is 0.279 e. The molecule has 1 aliphatic rings. The first-order valence-electron chi connectivity index (χ1n) is 8.93. The molecule has 150 valence electrons. The summed E-state index contributed by atoms with van der Waals surface area (Å²) in [4.78, 5) is 32.2. The molecular weight excluding hydrogens is 479 g/mol. The van der Waals surface area contributed by atoms with E-state index in [2.05, 4.69) is 20.9 Å². The van der Waals surface area contributed by atoms with Crippen LogP contribution in [0, 0.1) is 0 Å². The number of halogens is 3. The summed E-state index contributed by atoms with van der Waals surface area (Å²) in [5.41, 5.74) is 1.74. The second kappa shape index (κ2) is 7.31. The number of carbonyl (C=O) groups is 1. The first-order valence-corrected chi connectivity index (χ1v) is 10.5. The number of hydrogen-bond donors (Lipinski definition) is 0. The van der Waals surface area contributed by atoms with Crippen molar-refractivity contribution in [2.24, 2.45) is 7.05 Å². The highest BCUT2D eigenvalue weighted by Crippen LogP contribution is 2.43. The van der Waals surface area contributed by atoms with Gasteiger partial charge in [-0.1, -0.05) is 35.3 Å². The zero-order valence-electron chi connectivity index (χ0n) is 15.9. The van der Waals surface area contributed by atoms with Crippen LogP contribution in [-0.2, 0) is 7.05 Å². The van der Waals surface area contributed by atoms with E-state index in [9.17, 15) is 9.59 Å².